The Bertz CT molecular complexity index is 413. The van der Waals surface area contributed by atoms with Gasteiger partial charge < -0.3 is 11.1 Å². The van der Waals surface area contributed by atoms with E-state index in [9.17, 15) is 13.6 Å². The molecule has 1 atom stereocenters. The predicted molar refractivity (Wildman–Crippen MR) is 70.6 cm³/mol. The lowest BCUT2D eigenvalue weighted by molar-refractivity contribution is -0.113. The van der Waals surface area contributed by atoms with Crippen molar-refractivity contribution in [2.45, 2.75) is 19.4 Å². The van der Waals surface area contributed by atoms with Crippen molar-refractivity contribution in [3.8, 4) is 0 Å². The van der Waals surface area contributed by atoms with Crippen LogP contribution >= 0.6 is 11.8 Å². The number of hydrogen-bond acceptors (Lipinski definition) is 3. The fourth-order valence-electron chi connectivity index (χ4n) is 1.21. The number of benzene rings is 1. The standard InChI is InChI=1S/C12H16F2N2OS/c1-8(15)4-5-18-7-12(17)16-11-6-9(13)2-3-10(11)14/h2-3,6,8H,4-5,7,15H2,1H3,(H,16,17). The molecule has 0 bridgehead atoms. The van der Waals surface area contributed by atoms with E-state index in [1.54, 1.807) is 0 Å². The second-order valence-electron chi connectivity index (χ2n) is 3.99. The number of thioether (sulfide) groups is 1. The Hall–Kier alpha value is -1.14. The van der Waals surface area contributed by atoms with Gasteiger partial charge in [0.05, 0.1) is 11.4 Å². The maximum Gasteiger partial charge on any atom is 0.234 e. The molecule has 0 aliphatic rings. The van der Waals surface area contributed by atoms with Gasteiger partial charge in [-0.15, -0.1) is 0 Å². The van der Waals surface area contributed by atoms with E-state index in [4.69, 9.17) is 5.73 Å². The van der Waals surface area contributed by atoms with Gasteiger partial charge in [-0.2, -0.15) is 11.8 Å². The molecule has 0 saturated carbocycles. The van der Waals surface area contributed by atoms with Gasteiger partial charge in [-0.3, -0.25) is 4.79 Å². The van der Waals surface area contributed by atoms with Crippen LogP contribution in [0.5, 0.6) is 0 Å². The van der Waals surface area contributed by atoms with Gasteiger partial charge in [0, 0.05) is 12.1 Å². The van der Waals surface area contributed by atoms with Crippen molar-refractivity contribution in [2.75, 3.05) is 16.8 Å². The first-order valence-electron chi connectivity index (χ1n) is 5.57. The van der Waals surface area contributed by atoms with Crippen molar-refractivity contribution in [3.63, 3.8) is 0 Å². The minimum absolute atomic E-state index is 0.0984. The summed E-state index contributed by atoms with van der Waals surface area (Å²) in [6, 6.07) is 3.04. The Morgan fingerprint density at radius 3 is 2.89 bits per heavy atom. The van der Waals surface area contributed by atoms with Gasteiger partial charge in [0.15, 0.2) is 0 Å². The van der Waals surface area contributed by atoms with E-state index in [0.717, 1.165) is 30.4 Å². The van der Waals surface area contributed by atoms with Gasteiger partial charge >= 0.3 is 0 Å². The number of hydrogen-bond donors (Lipinski definition) is 2. The summed E-state index contributed by atoms with van der Waals surface area (Å²) >= 11 is 1.41. The largest absolute Gasteiger partial charge is 0.328 e. The van der Waals surface area contributed by atoms with E-state index in [2.05, 4.69) is 5.32 Å². The molecule has 0 fully saturated rings. The summed E-state index contributed by atoms with van der Waals surface area (Å²) in [5.41, 5.74) is 5.43. The zero-order valence-corrected chi connectivity index (χ0v) is 10.9. The monoisotopic (exact) mass is 274 g/mol. The lowest BCUT2D eigenvalue weighted by atomic mass is 10.3. The average Bonchev–Trinajstić information content (AvgIpc) is 2.29. The van der Waals surface area contributed by atoms with E-state index in [1.807, 2.05) is 6.92 Å². The number of nitrogens with two attached hydrogens (primary N) is 1. The third-order valence-corrected chi connectivity index (χ3v) is 3.14. The number of carbonyl (C=O) groups excluding carboxylic acids is 1. The molecule has 0 saturated heterocycles. The Balaban J connectivity index is 2.38. The molecule has 18 heavy (non-hydrogen) atoms. The number of amides is 1. The topological polar surface area (TPSA) is 55.1 Å². The second-order valence-corrected chi connectivity index (χ2v) is 5.10. The normalized spacial score (nSPS) is 12.2. The van der Waals surface area contributed by atoms with Gasteiger partial charge in [-0.1, -0.05) is 0 Å². The highest BCUT2D eigenvalue weighted by atomic mass is 32.2. The quantitative estimate of drug-likeness (QED) is 0.783. The number of carbonyl (C=O) groups is 1. The van der Waals surface area contributed by atoms with Crippen molar-refractivity contribution >= 4 is 23.4 Å². The molecule has 0 aromatic heterocycles. The van der Waals surface area contributed by atoms with Crippen LogP contribution in [-0.2, 0) is 4.79 Å². The Kier molecular flexibility index (Phi) is 6.07. The van der Waals surface area contributed by atoms with Crippen LogP contribution in [0, 0.1) is 11.6 Å². The van der Waals surface area contributed by atoms with Gasteiger partial charge in [-0.05, 0) is 31.2 Å². The molecule has 3 N–H and O–H groups in total. The van der Waals surface area contributed by atoms with Gasteiger partial charge in [-0.25, -0.2) is 8.78 Å². The zero-order chi connectivity index (χ0) is 13.5. The lowest BCUT2D eigenvalue weighted by Crippen LogP contribution is -2.18. The average molecular weight is 274 g/mol. The molecular weight excluding hydrogens is 258 g/mol. The van der Waals surface area contributed by atoms with E-state index in [-0.39, 0.29) is 23.4 Å². The zero-order valence-electron chi connectivity index (χ0n) is 10.1. The van der Waals surface area contributed by atoms with E-state index in [1.165, 1.54) is 11.8 Å². The Morgan fingerprint density at radius 1 is 1.50 bits per heavy atom. The molecule has 1 rings (SSSR count). The van der Waals surface area contributed by atoms with Crippen molar-refractivity contribution in [3.05, 3.63) is 29.8 Å². The molecule has 0 heterocycles. The molecule has 0 radical (unpaired) electrons. The molecule has 100 valence electrons. The van der Waals surface area contributed by atoms with Crippen LogP contribution in [0.15, 0.2) is 18.2 Å². The number of nitrogens with one attached hydrogen (secondary N) is 1. The van der Waals surface area contributed by atoms with Crippen LogP contribution in [0.3, 0.4) is 0 Å². The Morgan fingerprint density at radius 2 is 2.22 bits per heavy atom. The molecule has 6 heteroatoms. The molecule has 1 unspecified atom stereocenters. The number of rotatable bonds is 6. The first-order chi connectivity index (χ1) is 8.49. The van der Waals surface area contributed by atoms with Crippen LogP contribution in [0.2, 0.25) is 0 Å². The first kappa shape index (κ1) is 14.9. The van der Waals surface area contributed by atoms with Gasteiger partial charge in [0.2, 0.25) is 5.91 Å². The van der Waals surface area contributed by atoms with E-state index in [0.29, 0.717) is 0 Å². The summed E-state index contributed by atoms with van der Waals surface area (Å²) in [6.07, 6.45) is 0.812. The smallest absolute Gasteiger partial charge is 0.234 e. The molecule has 1 aromatic carbocycles. The molecule has 0 aliphatic heterocycles. The molecule has 1 aromatic rings. The highest BCUT2D eigenvalue weighted by Crippen LogP contribution is 2.15. The molecule has 0 aliphatic carbocycles. The SMILES string of the molecule is CC(N)CCSCC(=O)Nc1cc(F)ccc1F. The Labute approximate surface area is 109 Å². The second kappa shape index (κ2) is 7.33. The van der Waals surface area contributed by atoms with Crippen LogP contribution in [0.4, 0.5) is 14.5 Å². The van der Waals surface area contributed by atoms with E-state index < -0.39 is 11.6 Å². The maximum absolute atomic E-state index is 13.2. The summed E-state index contributed by atoms with van der Waals surface area (Å²) in [6.45, 7) is 1.89. The van der Waals surface area contributed by atoms with Crippen LogP contribution in [0.1, 0.15) is 13.3 Å². The highest BCUT2D eigenvalue weighted by molar-refractivity contribution is 7.99. The lowest BCUT2D eigenvalue weighted by Gasteiger charge is -2.07. The summed E-state index contributed by atoms with van der Waals surface area (Å²) < 4.78 is 26.1. The van der Waals surface area contributed by atoms with Crippen LogP contribution < -0.4 is 11.1 Å². The maximum atomic E-state index is 13.2. The van der Waals surface area contributed by atoms with Crippen molar-refractivity contribution in [1.82, 2.24) is 0 Å². The van der Waals surface area contributed by atoms with E-state index >= 15 is 0 Å². The summed E-state index contributed by atoms with van der Waals surface area (Å²) in [7, 11) is 0. The summed E-state index contributed by atoms with van der Waals surface area (Å²) in [4.78, 5) is 11.5. The third kappa shape index (κ3) is 5.46. The molecule has 0 spiro atoms. The van der Waals surface area contributed by atoms with Gasteiger partial charge in [0.1, 0.15) is 11.6 Å². The highest BCUT2D eigenvalue weighted by Gasteiger charge is 2.08. The number of anilines is 1. The minimum atomic E-state index is -0.648. The fourth-order valence-corrected chi connectivity index (χ4v) is 2.15. The molecule has 3 nitrogen and oxygen atoms in total. The number of halogens is 2. The van der Waals surface area contributed by atoms with Crippen molar-refractivity contribution < 1.29 is 13.6 Å². The summed E-state index contributed by atoms with van der Waals surface area (Å²) in [5.74, 6) is -0.629. The molecular formula is C12H16F2N2OS. The molecule has 1 amide bonds. The minimum Gasteiger partial charge on any atom is -0.328 e. The summed E-state index contributed by atoms with van der Waals surface area (Å²) in [5, 5.41) is 2.33. The predicted octanol–water partition coefficient (Wildman–Crippen LogP) is 2.37. The van der Waals surface area contributed by atoms with Crippen molar-refractivity contribution in [1.29, 1.82) is 0 Å². The fraction of sp³-hybridized carbons (Fsp3) is 0.417. The van der Waals surface area contributed by atoms with Crippen LogP contribution in [-0.4, -0.2) is 23.5 Å². The van der Waals surface area contributed by atoms with Gasteiger partial charge in [0.25, 0.3) is 0 Å². The third-order valence-electron chi connectivity index (χ3n) is 2.15. The van der Waals surface area contributed by atoms with Crippen LogP contribution in [0.25, 0.3) is 0 Å². The van der Waals surface area contributed by atoms with Crippen molar-refractivity contribution in [2.24, 2.45) is 5.73 Å². The first-order valence-corrected chi connectivity index (χ1v) is 6.72.